The summed E-state index contributed by atoms with van der Waals surface area (Å²) in [6.07, 6.45) is 5.46. The Kier molecular flexibility index (Phi) is 7.32. The molecule has 0 aliphatic carbocycles. The molecule has 0 saturated carbocycles. The molecule has 38 heavy (non-hydrogen) atoms. The molecule has 206 valence electrons. The van der Waals surface area contributed by atoms with Crippen molar-refractivity contribution in [2.24, 2.45) is 0 Å². The SMILES string of the molecule is CCNc1ncc2c(n1)N1CCCC1C[N+]([O-])(Cc1ccc(N3CCN(C(=O)OC(C)(C)C)CC3)nc1)C2. The van der Waals surface area contributed by atoms with Gasteiger partial charge in [0.15, 0.2) is 0 Å². The van der Waals surface area contributed by atoms with E-state index in [1.165, 1.54) is 0 Å². The highest BCUT2D eigenvalue weighted by Gasteiger charge is 2.38. The zero-order valence-corrected chi connectivity index (χ0v) is 23.0. The van der Waals surface area contributed by atoms with Crippen LogP contribution < -0.4 is 15.1 Å². The molecule has 5 heterocycles. The molecule has 3 aliphatic rings. The molecule has 2 aromatic heterocycles. The van der Waals surface area contributed by atoms with Crippen molar-refractivity contribution in [1.29, 1.82) is 0 Å². The highest BCUT2D eigenvalue weighted by molar-refractivity contribution is 5.68. The number of quaternary nitrogens is 1. The van der Waals surface area contributed by atoms with Crippen LogP contribution in [0, 0.1) is 5.21 Å². The third-order valence-electron chi connectivity index (χ3n) is 7.36. The van der Waals surface area contributed by atoms with E-state index in [2.05, 4.69) is 20.1 Å². The number of nitrogens with one attached hydrogen (secondary N) is 1. The van der Waals surface area contributed by atoms with Crippen LogP contribution in [0.4, 0.5) is 22.4 Å². The van der Waals surface area contributed by atoms with Gasteiger partial charge >= 0.3 is 6.09 Å². The van der Waals surface area contributed by atoms with E-state index in [0.717, 1.165) is 48.7 Å². The van der Waals surface area contributed by atoms with Crippen molar-refractivity contribution < 1.29 is 14.2 Å². The largest absolute Gasteiger partial charge is 0.632 e. The maximum atomic E-state index is 14.2. The van der Waals surface area contributed by atoms with Gasteiger partial charge in [0.25, 0.3) is 0 Å². The molecular weight excluding hydrogens is 484 g/mol. The number of amides is 1. The Bertz CT molecular complexity index is 1130. The minimum atomic E-state index is -0.499. The summed E-state index contributed by atoms with van der Waals surface area (Å²) < 4.78 is 5.16. The Balaban J connectivity index is 1.24. The Morgan fingerprint density at radius 2 is 1.95 bits per heavy atom. The smallest absolute Gasteiger partial charge is 0.410 e. The molecule has 5 rings (SSSR count). The van der Waals surface area contributed by atoms with Gasteiger partial charge in [0.1, 0.15) is 30.3 Å². The number of hydrogen-bond acceptors (Lipinski definition) is 9. The number of hydroxylamine groups is 3. The summed E-state index contributed by atoms with van der Waals surface area (Å²) in [5, 5.41) is 17.4. The first kappa shape index (κ1) is 26.4. The number of aromatic nitrogens is 3. The molecule has 1 N–H and O–H groups in total. The maximum absolute atomic E-state index is 14.2. The van der Waals surface area contributed by atoms with Crippen LogP contribution in [0.1, 0.15) is 51.7 Å². The highest BCUT2D eigenvalue weighted by atomic mass is 16.6. The van der Waals surface area contributed by atoms with Crippen molar-refractivity contribution in [2.75, 3.05) is 60.9 Å². The van der Waals surface area contributed by atoms with Gasteiger partial charge in [-0.3, -0.25) is 0 Å². The van der Waals surface area contributed by atoms with Crippen LogP contribution in [0.25, 0.3) is 0 Å². The summed E-state index contributed by atoms with van der Waals surface area (Å²) in [6, 6.07) is 4.19. The monoisotopic (exact) mass is 524 g/mol. The molecule has 0 bridgehead atoms. The number of anilines is 3. The van der Waals surface area contributed by atoms with Crippen LogP contribution in [0.3, 0.4) is 0 Å². The van der Waals surface area contributed by atoms with E-state index in [0.29, 0.717) is 51.8 Å². The van der Waals surface area contributed by atoms with Gasteiger partial charge in [-0.05, 0) is 52.7 Å². The normalized spacial score (nSPS) is 23.5. The standard InChI is InChI=1S/C27H40N8O3/c1-5-28-25-30-16-21-18-35(37,19-22-7-6-10-34(22)24(21)31-25)17-20-8-9-23(29-15-20)32-11-13-33(14-12-32)26(36)38-27(2,3)4/h8-9,15-16,22H,5-7,10-14,17-19H2,1-4H3,(H,28,30,31). The zero-order valence-electron chi connectivity index (χ0n) is 23.0. The van der Waals surface area contributed by atoms with Gasteiger partial charge < -0.3 is 34.6 Å². The molecular formula is C27H40N8O3. The van der Waals surface area contributed by atoms with Gasteiger partial charge in [0, 0.05) is 57.2 Å². The minimum Gasteiger partial charge on any atom is -0.632 e. The summed E-state index contributed by atoms with van der Waals surface area (Å²) in [7, 11) is 0. The molecule has 3 aliphatic heterocycles. The molecule has 2 atom stereocenters. The van der Waals surface area contributed by atoms with E-state index in [9.17, 15) is 10.0 Å². The van der Waals surface area contributed by atoms with Gasteiger partial charge in [-0.2, -0.15) is 4.98 Å². The van der Waals surface area contributed by atoms with Crippen LogP contribution in [0.2, 0.25) is 0 Å². The van der Waals surface area contributed by atoms with Crippen LogP contribution in [0.15, 0.2) is 24.5 Å². The second-order valence-electron chi connectivity index (χ2n) is 11.6. The molecule has 2 unspecified atom stereocenters. The van der Waals surface area contributed by atoms with Crippen molar-refractivity contribution >= 4 is 23.7 Å². The Labute approximate surface area is 225 Å². The summed E-state index contributed by atoms with van der Waals surface area (Å²) in [4.78, 5) is 32.5. The van der Waals surface area contributed by atoms with E-state index < -0.39 is 5.60 Å². The molecule has 11 heteroatoms. The number of nitrogens with zero attached hydrogens (tertiary/aromatic N) is 7. The molecule has 1 amide bonds. The number of carbonyl (C=O) groups is 1. The van der Waals surface area contributed by atoms with E-state index in [1.54, 1.807) is 4.90 Å². The number of rotatable bonds is 5. The summed E-state index contributed by atoms with van der Waals surface area (Å²) in [5.74, 6) is 2.39. The molecule has 0 aromatic carbocycles. The van der Waals surface area contributed by atoms with Gasteiger partial charge in [0.2, 0.25) is 5.95 Å². The average molecular weight is 525 g/mol. The fourth-order valence-corrected chi connectivity index (χ4v) is 5.66. The number of ether oxygens (including phenoxy) is 1. The predicted molar refractivity (Wildman–Crippen MR) is 147 cm³/mol. The second-order valence-corrected chi connectivity index (χ2v) is 11.6. The number of carbonyl (C=O) groups excluding carboxylic acids is 1. The molecule has 0 spiro atoms. The first-order valence-electron chi connectivity index (χ1n) is 13.7. The zero-order chi connectivity index (χ0) is 26.9. The lowest BCUT2D eigenvalue weighted by molar-refractivity contribution is -0.907. The van der Waals surface area contributed by atoms with Gasteiger partial charge in [-0.1, -0.05) is 0 Å². The first-order valence-corrected chi connectivity index (χ1v) is 13.7. The van der Waals surface area contributed by atoms with E-state index in [1.807, 2.05) is 52.2 Å². The van der Waals surface area contributed by atoms with Crippen molar-refractivity contribution in [3.63, 3.8) is 0 Å². The third-order valence-corrected chi connectivity index (χ3v) is 7.36. The van der Waals surface area contributed by atoms with Crippen LogP contribution in [-0.2, 0) is 17.8 Å². The lowest BCUT2D eigenvalue weighted by atomic mass is 10.1. The summed E-state index contributed by atoms with van der Waals surface area (Å²) >= 11 is 0. The molecule has 2 aromatic rings. The molecule has 2 fully saturated rings. The van der Waals surface area contributed by atoms with E-state index >= 15 is 0 Å². The van der Waals surface area contributed by atoms with Gasteiger partial charge in [-0.15, -0.1) is 0 Å². The maximum Gasteiger partial charge on any atom is 0.410 e. The number of piperazine rings is 1. The van der Waals surface area contributed by atoms with Crippen molar-refractivity contribution in [2.45, 2.75) is 65.3 Å². The fraction of sp³-hybridized carbons (Fsp3) is 0.630. The number of fused-ring (bicyclic) bond motifs is 3. The van der Waals surface area contributed by atoms with Crippen LogP contribution in [0.5, 0.6) is 0 Å². The molecule has 0 radical (unpaired) electrons. The molecule has 11 nitrogen and oxygen atoms in total. The Hall–Kier alpha value is -3.18. The number of pyridine rings is 1. The third kappa shape index (κ3) is 5.94. The van der Waals surface area contributed by atoms with E-state index in [4.69, 9.17) is 14.7 Å². The summed E-state index contributed by atoms with van der Waals surface area (Å²) in [6.45, 7) is 13.1. The van der Waals surface area contributed by atoms with Crippen molar-refractivity contribution in [3.8, 4) is 0 Å². The van der Waals surface area contributed by atoms with Crippen molar-refractivity contribution in [3.05, 3.63) is 40.9 Å². The highest BCUT2D eigenvalue weighted by Crippen LogP contribution is 2.35. The summed E-state index contributed by atoms with van der Waals surface area (Å²) in [5.41, 5.74) is 1.34. The van der Waals surface area contributed by atoms with E-state index in [-0.39, 0.29) is 16.8 Å². The topological polar surface area (TPSA) is 110 Å². The van der Waals surface area contributed by atoms with Gasteiger partial charge in [-0.25, -0.2) is 14.8 Å². The Morgan fingerprint density at radius 1 is 1.16 bits per heavy atom. The predicted octanol–water partition coefficient (Wildman–Crippen LogP) is 3.36. The lowest BCUT2D eigenvalue weighted by Crippen LogP contribution is -2.50. The minimum absolute atomic E-state index is 0.187. The van der Waals surface area contributed by atoms with Crippen LogP contribution >= 0.6 is 0 Å². The lowest BCUT2D eigenvalue weighted by Gasteiger charge is -2.43. The van der Waals surface area contributed by atoms with Crippen molar-refractivity contribution in [1.82, 2.24) is 19.9 Å². The molecule has 2 saturated heterocycles. The second kappa shape index (κ2) is 10.5. The first-order chi connectivity index (χ1) is 18.1. The van der Waals surface area contributed by atoms with Crippen LogP contribution in [-0.4, -0.2) is 88.0 Å². The average Bonchev–Trinajstić information content (AvgIpc) is 3.27. The number of hydrogen-bond donors (Lipinski definition) is 1. The quantitative estimate of drug-likeness (QED) is 0.465. The Morgan fingerprint density at radius 3 is 2.63 bits per heavy atom. The van der Waals surface area contributed by atoms with Gasteiger partial charge in [0.05, 0.1) is 18.2 Å². The fourth-order valence-electron chi connectivity index (χ4n) is 5.66.